The van der Waals surface area contributed by atoms with Gasteiger partial charge in [0.25, 0.3) is 0 Å². The number of rotatable bonds is 5. The Balaban J connectivity index is 1.82. The van der Waals surface area contributed by atoms with E-state index in [1.54, 1.807) is 12.1 Å². The number of benzene rings is 1. The van der Waals surface area contributed by atoms with Crippen molar-refractivity contribution in [2.75, 3.05) is 24.2 Å². The van der Waals surface area contributed by atoms with Crippen LogP contribution in [0.2, 0.25) is 0 Å². The molecule has 2 aliphatic rings. The van der Waals surface area contributed by atoms with Crippen LogP contribution in [-0.2, 0) is 9.84 Å². The third-order valence-corrected chi connectivity index (χ3v) is 6.08. The first kappa shape index (κ1) is 12.9. The Bertz CT molecular complexity index is 561. The van der Waals surface area contributed by atoms with E-state index in [2.05, 4.69) is 10.6 Å². The highest BCUT2D eigenvalue weighted by atomic mass is 32.2. The minimum atomic E-state index is -3.16. The van der Waals surface area contributed by atoms with Crippen molar-refractivity contribution in [3.63, 3.8) is 0 Å². The summed E-state index contributed by atoms with van der Waals surface area (Å²) >= 11 is 0. The molecule has 1 heterocycles. The Morgan fingerprint density at radius 3 is 2.63 bits per heavy atom. The standard InChI is InChI=1S/C14H20N2O2S/c1-2-7-19(17,18)13-6-4-3-5-12(13)16-14-10-8-15-9-11(10)14/h3-6,10-11,14-16H,2,7-9H2,1H3. The highest BCUT2D eigenvalue weighted by Crippen LogP contribution is 2.44. The molecule has 2 fully saturated rings. The third-order valence-electron chi connectivity index (χ3n) is 4.11. The number of fused-ring (bicyclic) bond motifs is 1. The number of hydrogen-bond donors (Lipinski definition) is 2. The molecule has 1 saturated heterocycles. The number of sulfone groups is 1. The average Bonchev–Trinajstić information content (AvgIpc) is 2.83. The van der Waals surface area contributed by atoms with Crippen LogP contribution in [0.3, 0.4) is 0 Å². The monoisotopic (exact) mass is 280 g/mol. The summed E-state index contributed by atoms with van der Waals surface area (Å²) in [4.78, 5) is 0.454. The maximum Gasteiger partial charge on any atom is 0.180 e. The molecule has 2 unspecified atom stereocenters. The van der Waals surface area contributed by atoms with Gasteiger partial charge < -0.3 is 10.6 Å². The molecule has 1 aliphatic carbocycles. The second kappa shape index (κ2) is 4.80. The van der Waals surface area contributed by atoms with Crippen LogP contribution in [0.25, 0.3) is 0 Å². The normalized spacial score (nSPS) is 29.0. The second-order valence-electron chi connectivity index (χ2n) is 5.47. The first-order valence-corrected chi connectivity index (χ1v) is 8.58. The Morgan fingerprint density at radius 1 is 1.26 bits per heavy atom. The lowest BCUT2D eigenvalue weighted by Crippen LogP contribution is -2.22. The quantitative estimate of drug-likeness (QED) is 0.858. The van der Waals surface area contributed by atoms with E-state index in [0.717, 1.165) is 18.8 Å². The number of anilines is 1. The summed E-state index contributed by atoms with van der Waals surface area (Å²) in [6.45, 7) is 3.99. The van der Waals surface area contributed by atoms with Gasteiger partial charge in [0.2, 0.25) is 0 Å². The van der Waals surface area contributed by atoms with Gasteiger partial charge in [-0.1, -0.05) is 19.1 Å². The molecule has 0 amide bonds. The second-order valence-corrected chi connectivity index (χ2v) is 7.55. The fourth-order valence-electron chi connectivity index (χ4n) is 3.05. The Labute approximate surface area is 114 Å². The number of para-hydroxylation sites is 1. The minimum absolute atomic E-state index is 0.213. The lowest BCUT2D eigenvalue weighted by atomic mass is 10.3. The topological polar surface area (TPSA) is 58.2 Å². The highest BCUT2D eigenvalue weighted by Gasteiger charge is 2.53. The Hall–Kier alpha value is -1.07. The summed E-state index contributed by atoms with van der Waals surface area (Å²) in [6, 6.07) is 7.72. The molecule has 19 heavy (non-hydrogen) atoms. The van der Waals surface area contributed by atoms with Crippen LogP contribution in [0.5, 0.6) is 0 Å². The van der Waals surface area contributed by atoms with Gasteiger partial charge in [-0.05, 0) is 30.4 Å². The van der Waals surface area contributed by atoms with Crippen molar-refractivity contribution >= 4 is 15.5 Å². The van der Waals surface area contributed by atoms with Gasteiger partial charge in [0.1, 0.15) is 0 Å². The van der Waals surface area contributed by atoms with E-state index in [9.17, 15) is 8.42 Å². The lowest BCUT2D eigenvalue weighted by Gasteiger charge is -2.13. The van der Waals surface area contributed by atoms with Crippen molar-refractivity contribution in [1.29, 1.82) is 0 Å². The van der Waals surface area contributed by atoms with E-state index < -0.39 is 9.84 Å². The summed E-state index contributed by atoms with van der Waals surface area (Å²) in [5.74, 6) is 1.55. The fraction of sp³-hybridized carbons (Fsp3) is 0.571. The van der Waals surface area contributed by atoms with Gasteiger partial charge in [0, 0.05) is 19.1 Å². The van der Waals surface area contributed by atoms with Crippen molar-refractivity contribution in [2.45, 2.75) is 24.3 Å². The molecule has 0 spiro atoms. The molecule has 2 atom stereocenters. The molecule has 4 nitrogen and oxygen atoms in total. The molecular weight excluding hydrogens is 260 g/mol. The molecule has 104 valence electrons. The van der Waals surface area contributed by atoms with Crippen LogP contribution < -0.4 is 10.6 Å². The van der Waals surface area contributed by atoms with Crippen LogP contribution in [0.1, 0.15) is 13.3 Å². The molecule has 1 aromatic carbocycles. The zero-order valence-corrected chi connectivity index (χ0v) is 11.9. The Morgan fingerprint density at radius 2 is 1.95 bits per heavy atom. The van der Waals surface area contributed by atoms with Crippen molar-refractivity contribution in [3.8, 4) is 0 Å². The van der Waals surface area contributed by atoms with E-state index in [0.29, 0.717) is 29.2 Å². The molecule has 3 rings (SSSR count). The molecule has 1 saturated carbocycles. The summed E-state index contributed by atoms with van der Waals surface area (Å²) in [5, 5.41) is 6.78. The maximum atomic E-state index is 12.2. The summed E-state index contributed by atoms with van der Waals surface area (Å²) < 4.78 is 24.5. The molecule has 2 N–H and O–H groups in total. The van der Waals surface area contributed by atoms with E-state index >= 15 is 0 Å². The SMILES string of the molecule is CCCS(=O)(=O)c1ccccc1NC1C2CNCC21. The predicted octanol–water partition coefficient (Wildman–Crippen LogP) is 1.50. The predicted molar refractivity (Wildman–Crippen MR) is 76.0 cm³/mol. The first-order valence-electron chi connectivity index (χ1n) is 6.92. The van der Waals surface area contributed by atoms with Crippen molar-refractivity contribution < 1.29 is 8.42 Å². The van der Waals surface area contributed by atoms with Crippen LogP contribution >= 0.6 is 0 Å². The van der Waals surface area contributed by atoms with Crippen molar-refractivity contribution in [2.24, 2.45) is 11.8 Å². The van der Waals surface area contributed by atoms with Crippen LogP contribution in [0, 0.1) is 11.8 Å². The van der Waals surface area contributed by atoms with Crippen molar-refractivity contribution in [3.05, 3.63) is 24.3 Å². The molecule has 1 aliphatic heterocycles. The van der Waals surface area contributed by atoms with Gasteiger partial charge >= 0.3 is 0 Å². The maximum absolute atomic E-state index is 12.2. The number of piperidine rings is 1. The van der Waals surface area contributed by atoms with Gasteiger partial charge in [-0.3, -0.25) is 0 Å². The molecule has 0 bridgehead atoms. The van der Waals surface area contributed by atoms with Crippen LogP contribution in [-0.4, -0.2) is 33.3 Å². The molecule has 0 radical (unpaired) electrons. The van der Waals surface area contributed by atoms with Crippen LogP contribution in [0.15, 0.2) is 29.2 Å². The van der Waals surface area contributed by atoms with Gasteiger partial charge in [-0.2, -0.15) is 0 Å². The smallest absolute Gasteiger partial charge is 0.180 e. The summed E-state index contributed by atoms with van der Waals surface area (Å²) in [5.41, 5.74) is 0.773. The number of hydrogen-bond acceptors (Lipinski definition) is 4. The van der Waals surface area contributed by atoms with Gasteiger partial charge in [-0.25, -0.2) is 8.42 Å². The van der Waals surface area contributed by atoms with E-state index in [1.807, 2.05) is 19.1 Å². The molecular formula is C14H20N2O2S. The highest BCUT2D eigenvalue weighted by molar-refractivity contribution is 7.91. The van der Waals surface area contributed by atoms with E-state index in [-0.39, 0.29) is 5.75 Å². The van der Waals surface area contributed by atoms with Gasteiger partial charge in [0.15, 0.2) is 9.84 Å². The van der Waals surface area contributed by atoms with Gasteiger partial charge in [-0.15, -0.1) is 0 Å². The molecule has 0 aromatic heterocycles. The summed E-state index contributed by atoms with van der Waals surface area (Å²) in [6.07, 6.45) is 0.648. The van der Waals surface area contributed by atoms with E-state index in [1.165, 1.54) is 0 Å². The Kier molecular flexibility index (Phi) is 3.27. The summed E-state index contributed by atoms with van der Waals surface area (Å²) in [7, 11) is -3.16. The lowest BCUT2D eigenvalue weighted by molar-refractivity contribution is 0.595. The van der Waals surface area contributed by atoms with Gasteiger partial charge in [0.05, 0.1) is 16.3 Å². The molecule has 1 aromatic rings. The fourth-order valence-corrected chi connectivity index (χ4v) is 4.55. The van der Waals surface area contributed by atoms with E-state index in [4.69, 9.17) is 0 Å². The third kappa shape index (κ3) is 2.37. The zero-order valence-electron chi connectivity index (χ0n) is 11.1. The zero-order chi connectivity index (χ0) is 13.5. The largest absolute Gasteiger partial charge is 0.381 e. The minimum Gasteiger partial charge on any atom is -0.381 e. The molecule has 5 heteroatoms. The van der Waals surface area contributed by atoms with Crippen molar-refractivity contribution in [1.82, 2.24) is 5.32 Å². The van der Waals surface area contributed by atoms with Crippen LogP contribution in [0.4, 0.5) is 5.69 Å². The first-order chi connectivity index (χ1) is 9.13. The number of nitrogens with one attached hydrogen (secondary N) is 2. The average molecular weight is 280 g/mol.